The van der Waals surface area contributed by atoms with Crippen LogP contribution in [0.25, 0.3) is 0 Å². The van der Waals surface area contributed by atoms with E-state index in [1.807, 2.05) is 0 Å². The van der Waals surface area contributed by atoms with Crippen LogP contribution in [0.1, 0.15) is 51.4 Å². The standard InChI is InChI=1S/C20H39N3O2/c1-21-14-8-18(9-15-21)23(13-6-16-25-2)17-20(24)10-5-12-22-11-4-3-7-19(20)22/h18-19,24H,3-17H2,1-2H3/t19-,20-/m1/s1. The summed E-state index contributed by atoms with van der Waals surface area (Å²) >= 11 is 0. The molecule has 2 atom stereocenters. The molecule has 0 saturated carbocycles. The second-order valence-corrected chi connectivity index (χ2v) is 8.61. The molecule has 0 unspecified atom stereocenters. The van der Waals surface area contributed by atoms with Crippen LogP contribution in [-0.2, 0) is 4.74 Å². The second kappa shape index (κ2) is 9.14. The molecular weight excluding hydrogens is 314 g/mol. The van der Waals surface area contributed by atoms with Crippen LogP contribution in [0.5, 0.6) is 0 Å². The zero-order valence-electron chi connectivity index (χ0n) is 16.5. The number of methoxy groups -OCH3 is 1. The molecule has 146 valence electrons. The minimum Gasteiger partial charge on any atom is -0.387 e. The highest BCUT2D eigenvalue weighted by molar-refractivity contribution is 5.01. The van der Waals surface area contributed by atoms with Crippen LogP contribution >= 0.6 is 0 Å². The number of likely N-dealkylation sites (tertiary alicyclic amines) is 1. The fraction of sp³-hybridized carbons (Fsp3) is 1.00. The molecule has 3 heterocycles. The Bertz CT molecular complexity index is 398. The normalized spacial score (nSPS) is 32.9. The molecule has 0 aromatic rings. The van der Waals surface area contributed by atoms with Crippen LogP contribution in [0.2, 0.25) is 0 Å². The molecule has 0 spiro atoms. The number of aliphatic hydroxyl groups is 1. The van der Waals surface area contributed by atoms with Gasteiger partial charge in [-0.05, 0) is 78.2 Å². The van der Waals surface area contributed by atoms with Crippen molar-refractivity contribution in [3.8, 4) is 0 Å². The van der Waals surface area contributed by atoms with Crippen LogP contribution in [0.4, 0.5) is 0 Å². The van der Waals surface area contributed by atoms with E-state index in [0.717, 1.165) is 39.0 Å². The lowest BCUT2D eigenvalue weighted by atomic mass is 9.79. The van der Waals surface area contributed by atoms with Gasteiger partial charge >= 0.3 is 0 Å². The molecule has 3 aliphatic heterocycles. The van der Waals surface area contributed by atoms with E-state index in [-0.39, 0.29) is 0 Å². The van der Waals surface area contributed by atoms with E-state index in [2.05, 4.69) is 21.7 Å². The van der Waals surface area contributed by atoms with Gasteiger partial charge in [0.15, 0.2) is 0 Å². The Morgan fingerprint density at radius 2 is 1.84 bits per heavy atom. The van der Waals surface area contributed by atoms with Gasteiger partial charge in [-0.3, -0.25) is 9.80 Å². The van der Waals surface area contributed by atoms with Gasteiger partial charge in [0.05, 0.1) is 5.60 Å². The van der Waals surface area contributed by atoms with Crippen molar-refractivity contribution in [2.24, 2.45) is 0 Å². The van der Waals surface area contributed by atoms with Crippen molar-refractivity contribution < 1.29 is 9.84 Å². The molecule has 25 heavy (non-hydrogen) atoms. The predicted molar refractivity (Wildman–Crippen MR) is 102 cm³/mol. The van der Waals surface area contributed by atoms with Crippen molar-refractivity contribution in [1.29, 1.82) is 0 Å². The summed E-state index contributed by atoms with van der Waals surface area (Å²) in [6.45, 7) is 7.45. The quantitative estimate of drug-likeness (QED) is 0.707. The van der Waals surface area contributed by atoms with Gasteiger partial charge in [-0.2, -0.15) is 0 Å². The van der Waals surface area contributed by atoms with E-state index < -0.39 is 5.60 Å². The SMILES string of the molecule is COCCCN(C[C@]1(O)CCCN2CCCC[C@@H]21)C1CCN(C)CC1. The van der Waals surface area contributed by atoms with Gasteiger partial charge in [-0.15, -0.1) is 0 Å². The highest BCUT2D eigenvalue weighted by atomic mass is 16.5. The molecule has 3 saturated heterocycles. The summed E-state index contributed by atoms with van der Waals surface area (Å²) in [7, 11) is 4.01. The van der Waals surface area contributed by atoms with E-state index in [0.29, 0.717) is 12.1 Å². The Labute approximate surface area is 154 Å². The first-order valence-corrected chi connectivity index (χ1v) is 10.5. The van der Waals surface area contributed by atoms with Crippen molar-refractivity contribution >= 4 is 0 Å². The molecule has 0 amide bonds. The number of rotatable bonds is 7. The van der Waals surface area contributed by atoms with Crippen LogP contribution in [0.3, 0.4) is 0 Å². The number of piperidine rings is 3. The zero-order chi connectivity index (χ0) is 17.7. The largest absolute Gasteiger partial charge is 0.387 e. The molecule has 0 radical (unpaired) electrons. The Morgan fingerprint density at radius 1 is 1.08 bits per heavy atom. The predicted octanol–water partition coefficient (Wildman–Crippen LogP) is 1.80. The van der Waals surface area contributed by atoms with E-state index in [9.17, 15) is 5.11 Å². The van der Waals surface area contributed by atoms with Crippen LogP contribution in [0.15, 0.2) is 0 Å². The maximum atomic E-state index is 11.7. The average molecular weight is 354 g/mol. The van der Waals surface area contributed by atoms with Crippen LogP contribution < -0.4 is 0 Å². The molecule has 0 bridgehead atoms. The van der Waals surface area contributed by atoms with Gasteiger partial charge in [-0.25, -0.2) is 0 Å². The lowest BCUT2D eigenvalue weighted by Crippen LogP contribution is -2.63. The monoisotopic (exact) mass is 353 g/mol. The highest BCUT2D eigenvalue weighted by Gasteiger charge is 2.45. The Balaban J connectivity index is 1.66. The van der Waals surface area contributed by atoms with Gasteiger partial charge < -0.3 is 14.7 Å². The fourth-order valence-corrected chi connectivity index (χ4v) is 5.32. The summed E-state index contributed by atoms with van der Waals surface area (Å²) in [5, 5.41) is 11.7. The average Bonchev–Trinajstić information content (AvgIpc) is 2.62. The topological polar surface area (TPSA) is 39.2 Å². The van der Waals surface area contributed by atoms with Crippen molar-refractivity contribution in [2.45, 2.75) is 69.1 Å². The summed E-state index contributed by atoms with van der Waals surface area (Å²) < 4.78 is 5.29. The fourth-order valence-electron chi connectivity index (χ4n) is 5.32. The Kier molecular flexibility index (Phi) is 7.15. The highest BCUT2D eigenvalue weighted by Crippen LogP contribution is 2.35. The molecule has 3 rings (SSSR count). The summed E-state index contributed by atoms with van der Waals surface area (Å²) in [6, 6.07) is 1.00. The van der Waals surface area contributed by atoms with Crippen molar-refractivity contribution in [1.82, 2.24) is 14.7 Å². The third-order valence-electron chi connectivity index (χ3n) is 6.76. The summed E-state index contributed by atoms with van der Waals surface area (Å²) in [4.78, 5) is 7.63. The second-order valence-electron chi connectivity index (χ2n) is 8.61. The maximum absolute atomic E-state index is 11.7. The molecule has 0 aromatic heterocycles. The molecule has 1 N–H and O–H groups in total. The molecule has 5 nitrogen and oxygen atoms in total. The lowest BCUT2D eigenvalue weighted by molar-refractivity contribution is -0.116. The number of nitrogens with zero attached hydrogens (tertiary/aromatic N) is 3. The van der Waals surface area contributed by atoms with Gasteiger partial charge in [0.25, 0.3) is 0 Å². The minimum absolute atomic E-state index is 0.381. The summed E-state index contributed by atoms with van der Waals surface area (Å²) in [5.41, 5.74) is -0.519. The summed E-state index contributed by atoms with van der Waals surface area (Å²) in [6.07, 6.45) is 9.40. The van der Waals surface area contributed by atoms with Gasteiger partial charge in [0.2, 0.25) is 0 Å². The molecule has 0 aromatic carbocycles. The van der Waals surface area contributed by atoms with Gasteiger partial charge in [-0.1, -0.05) is 6.42 Å². The van der Waals surface area contributed by atoms with Crippen molar-refractivity contribution in [2.75, 3.05) is 60.0 Å². The first-order valence-electron chi connectivity index (χ1n) is 10.5. The minimum atomic E-state index is -0.519. The number of hydrogen-bond acceptors (Lipinski definition) is 5. The van der Waals surface area contributed by atoms with E-state index >= 15 is 0 Å². The zero-order valence-corrected chi connectivity index (χ0v) is 16.5. The molecule has 3 fully saturated rings. The molecular formula is C20H39N3O2. The lowest BCUT2D eigenvalue weighted by Gasteiger charge is -2.52. The molecule has 3 aliphatic rings. The van der Waals surface area contributed by atoms with Crippen LogP contribution in [0, 0.1) is 0 Å². The molecule has 5 heteroatoms. The van der Waals surface area contributed by atoms with Crippen molar-refractivity contribution in [3.63, 3.8) is 0 Å². The van der Waals surface area contributed by atoms with Crippen molar-refractivity contribution in [3.05, 3.63) is 0 Å². The van der Waals surface area contributed by atoms with Crippen LogP contribution in [-0.4, -0.2) is 97.5 Å². The smallest absolute Gasteiger partial charge is 0.0928 e. The summed E-state index contributed by atoms with van der Waals surface area (Å²) in [5.74, 6) is 0. The maximum Gasteiger partial charge on any atom is 0.0928 e. The van der Waals surface area contributed by atoms with E-state index in [1.54, 1.807) is 7.11 Å². The first kappa shape index (κ1) is 19.6. The third-order valence-corrected chi connectivity index (χ3v) is 6.76. The number of hydrogen-bond donors (Lipinski definition) is 1. The van der Waals surface area contributed by atoms with E-state index in [4.69, 9.17) is 4.74 Å². The number of fused-ring (bicyclic) bond motifs is 1. The van der Waals surface area contributed by atoms with E-state index in [1.165, 1.54) is 58.3 Å². The first-order chi connectivity index (χ1) is 12.1. The van der Waals surface area contributed by atoms with Gasteiger partial charge in [0, 0.05) is 38.9 Å². The number of ether oxygens (including phenoxy) is 1. The van der Waals surface area contributed by atoms with Gasteiger partial charge in [0.1, 0.15) is 0 Å². The third kappa shape index (κ3) is 4.95. The molecule has 0 aliphatic carbocycles. The Morgan fingerprint density at radius 3 is 2.60 bits per heavy atom. The Hall–Kier alpha value is -0.200.